The van der Waals surface area contributed by atoms with Gasteiger partial charge in [-0.25, -0.2) is 9.59 Å². The van der Waals surface area contributed by atoms with Crippen LogP contribution in [0.3, 0.4) is 0 Å². The molecular weight excluding hydrogens is 196 g/mol. The molecule has 0 aliphatic rings. The Morgan fingerprint density at radius 1 is 1.07 bits per heavy atom. The first kappa shape index (κ1) is 13.4. The Balaban J connectivity index is 3.40. The molecule has 0 saturated carbocycles. The molecule has 0 rings (SSSR count). The van der Waals surface area contributed by atoms with Gasteiger partial charge in [-0.15, -0.1) is 0 Å². The van der Waals surface area contributed by atoms with Gasteiger partial charge in [-0.3, -0.25) is 0 Å². The van der Waals surface area contributed by atoms with Crippen molar-refractivity contribution in [3.05, 3.63) is 30.9 Å². The van der Waals surface area contributed by atoms with Gasteiger partial charge in [0.05, 0.1) is 6.61 Å². The van der Waals surface area contributed by atoms with Crippen LogP contribution in [0.25, 0.3) is 0 Å². The molecule has 0 fully saturated rings. The number of ether oxygens (including phenoxy) is 2. The maximum Gasteiger partial charge on any atom is 0.330 e. The Labute approximate surface area is 89.6 Å². The average molecular weight is 211 g/mol. The van der Waals surface area contributed by atoms with E-state index in [0.29, 0.717) is 6.42 Å². The van der Waals surface area contributed by atoms with Gasteiger partial charge in [0.15, 0.2) is 0 Å². The number of hydrogen-bond acceptors (Lipinski definition) is 4. The van der Waals surface area contributed by atoms with Crippen molar-refractivity contribution in [1.82, 2.24) is 0 Å². The summed E-state index contributed by atoms with van der Waals surface area (Å²) in [5.74, 6) is -0.831. The second-order valence-electron chi connectivity index (χ2n) is 2.56. The van der Waals surface area contributed by atoms with E-state index in [-0.39, 0.29) is 6.61 Å². The maximum absolute atomic E-state index is 10.8. The molecule has 0 spiro atoms. The minimum absolute atomic E-state index is 0.201. The highest BCUT2D eigenvalue weighted by Crippen LogP contribution is 1.93. The van der Waals surface area contributed by atoms with Crippen LogP contribution in [-0.2, 0) is 19.1 Å². The van der Waals surface area contributed by atoms with Crippen LogP contribution in [-0.4, -0.2) is 18.5 Å². The molecule has 15 heavy (non-hydrogen) atoms. The standard InChI is InChI=1S/C11H15O4/c1-3-6-10(12)14-8-5-9-15-11(13)7-4-2/h3-4,6-8H,5,9H2,1-2H3. The smallest absolute Gasteiger partial charge is 0.330 e. The van der Waals surface area contributed by atoms with Gasteiger partial charge in [-0.2, -0.15) is 0 Å². The van der Waals surface area contributed by atoms with Gasteiger partial charge in [0.1, 0.15) is 6.61 Å². The van der Waals surface area contributed by atoms with Crippen molar-refractivity contribution in [2.24, 2.45) is 0 Å². The summed E-state index contributed by atoms with van der Waals surface area (Å²) < 4.78 is 9.42. The first-order chi connectivity index (χ1) is 7.20. The fourth-order valence-corrected chi connectivity index (χ4v) is 0.708. The van der Waals surface area contributed by atoms with E-state index in [0.717, 1.165) is 0 Å². The highest BCUT2D eigenvalue weighted by atomic mass is 16.5. The number of esters is 2. The van der Waals surface area contributed by atoms with Crippen molar-refractivity contribution in [3.8, 4) is 0 Å². The molecule has 1 radical (unpaired) electrons. The lowest BCUT2D eigenvalue weighted by Gasteiger charge is -2.01. The van der Waals surface area contributed by atoms with Crippen molar-refractivity contribution in [2.45, 2.75) is 20.3 Å². The third kappa shape index (κ3) is 8.74. The molecular formula is C11H15O4. The number of hydrogen-bond donors (Lipinski definition) is 0. The van der Waals surface area contributed by atoms with Gasteiger partial charge in [-0.1, -0.05) is 12.2 Å². The third-order valence-corrected chi connectivity index (χ3v) is 1.29. The molecule has 0 aliphatic carbocycles. The van der Waals surface area contributed by atoms with Crippen LogP contribution < -0.4 is 0 Å². The van der Waals surface area contributed by atoms with Crippen LogP contribution in [0.15, 0.2) is 24.3 Å². The predicted octanol–water partition coefficient (Wildman–Crippen LogP) is 1.78. The average Bonchev–Trinajstić information content (AvgIpc) is 2.18. The van der Waals surface area contributed by atoms with Gasteiger partial charge in [0.2, 0.25) is 0 Å². The fourth-order valence-electron chi connectivity index (χ4n) is 0.708. The van der Waals surface area contributed by atoms with Gasteiger partial charge in [-0.05, 0) is 13.8 Å². The van der Waals surface area contributed by atoms with E-state index in [4.69, 9.17) is 4.74 Å². The summed E-state index contributed by atoms with van der Waals surface area (Å²) in [7, 11) is 0. The Bertz CT molecular complexity index is 227. The SMILES string of the molecule is CC=CC(=O)O[CH]CCOC(=O)C=CC. The van der Waals surface area contributed by atoms with E-state index in [9.17, 15) is 9.59 Å². The van der Waals surface area contributed by atoms with Gasteiger partial charge in [0, 0.05) is 18.6 Å². The first-order valence-corrected chi connectivity index (χ1v) is 4.65. The topological polar surface area (TPSA) is 52.6 Å². The summed E-state index contributed by atoms with van der Waals surface area (Å²) in [6.45, 7) is 4.96. The number of carbonyl (C=O) groups excluding carboxylic acids is 2. The molecule has 0 heterocycles. The van der Waals surface area contributed by atoms with E-state index in [1.54, 1.807) is 26.0 Å². The van der Waals surface area contributed by atoms with Crippen molar-refractivity contribution in [1.29, 1.82) is 0 Å². The Morgan fingerprint density at radius 3 is 2.27 bits per heavy atom. The largest absolute Gasteiger partial charge is 0.462 e. The van der Waals surface area contributed by atoms with E-state index < -0.39 is 11.9 Å². The molecule has 0 unspecified atom stereocenters. The minimum Gasteiger partial charge on any atom is -0.462 e. The molecule has 0 aromatic heterocycles. The zero-order chi connectivity index (χ0) is 11.5. The van der Waals surface area contributed by atoms with E-state index in [1.807, 2.05) is 0 Å². The van der Waals surface area contributed by atoms with Gasteiger partial charge < -0.3 is 9.47 Å². The summed E-state index contributed by atoms with van der Waals surface area (Å²) in [6, 6.07) is 0. The maximum atomic E-state index is 10.8. The van der Waals surface area contributed by atoms with E-state index in [1.165, 1.54) is 18.8 Å². The fraction of sp³-hybridized carbons (Fsp3) is 0.364. The summed E-state index contributed by atoms with van der Waals surface area (Å²) in [4.78, 5) is 21.6. The lowest BCUT2D eigenvalue weighted by molar-refractivity contribution is -0.138. The monoisotopic (exact) mass is 211 g/mol. The Morgan fingerprint density at radius 2 is 1.67 bits per heavy atom. The Kier molecular flexibility index (Phi) is 8.05. The highest BCUT2D eigenvalue weighted by molar-refractivity contribution is 5.82. The summed E-state index contributed by atoms with van der Waals surface area (Å²) in [5, 5.41) is 0. The lowest BCUT2D eigenvalue weighted by Crippen LogP contribution is -2.04. The van der Waals surface area contributed by atoms with Gasteiger partial charge in [0.25, 0.3) is 0 Å². The van der Waals surface area contributed by atoms with E-state index in [2.05, 4.69) is 4.74 Å². The van der Waals surface area contributed by atoms with Crippen LogP contribution in [0, 0.1) is 6.61 Å². The molecule has 0 aliphatic heterocycles. The van der Waals surface area contributed by atoms with Crippen molar-refractivity contribution in [3.63, 3.8) is 0 Å². The third-order valence-electron chi connectivity index (χ3n) is 1.29. The van der Waals surface area contributed by atoms with Crippen molar-refractivity contribution in [2.75, 3.05) is 6.61 Å². The second kappa shape index (κ2) is 8.99. The first-order valence-electron chi connectivity index (χ1n) is 4.65. The van der Waals surface area contributed by atoms with Crippen molar-refractivity contribution < 1.29 is 19.1 Å². The molecule has 0 saturated heterocycles. The zero-order valence-corrected chi connectivity index (χ0v) is 8.93. The summed E-state index contributed by atoms with van der Waals surface area (Å²) in [5.41, 5.74) is 0. The molecule has 4 nitrogen and oxygen atoms in total. The number of carbonyl (C=O) groups is 2. The van der Waals surface area contributed by atoms with Crippen LogP contribution in [0.1, 0.15) is 20.3 Å². The predicted molar refractivity (Wildman–Crippen MR) is 55.6 cm³/mol. The summed E-state index contributed by atoms with van der Waals surface area (Å²) in [6.07, 6.45) is 6.20. The quantitative estimate of drug-likeness (QED) is 0.382. The minimum atomic E-state index is -0.433. The Hall–Kier alpha value is -1.58. The second-order valence-corrected chi connectivity index (χ2v) is 2.56. The zero-order valence-electron chi connectivity index (χ0n) is 8.93. The van der Waals surface area contributed by atoms with Crippen LogP contribution in [0.4, 0.5) is 0 Å². The molecule has 4 heteroatoms. The van der Waals surface area contributed by atoms with Crippen LogP contribution in [0.5, 0.6) is 0 Å². The van der Waals surface area contributed by atoms with Gasteiger partial charge >= 0.3 is 11.9 Å². The molecule has 0 bridgehead atoms. The molecule has 0 aromatic carbocycles. The lowest BCUT2D eigenvalue weighted by atomic mass is 10.4. The van der Waals surface area contributed by atoms with Crippen molar-refractivity contribution >= 4 is 11.9 Å². The molecule has 0 N–H and O–H groups in total. The molecule has 0 amide bonds. The number of rotatable bonds is 6. The molecule has 0 atom stereocenters. The van der Waals surface area contributed by atoms with Crippen LogP contribution >= 0.6 is 0 Å². The van der Waals surface area contributed by atoms with E-state index >= 15 is 0 Å². The normalized spacial score (nSPS) is 10.8. The van der Waals surface area contributed by atoms with Crippen LogP contribution in [0.2, 0.25) is 0 Å². The molecule has 0 aromatic rings. The highest BCUT2D eigenvalue weighted by Gasteiger charge is 1.98. The number of allylic oxidation sites excluding steroid dienone is 2. The summed E-state index contributed by atoms with van der Waals surface area (Å²) >= 11 is 0. The molecule has 83 valence electrons.